The van der Waals surface area contributed by atoms with Gasteiger partial charge < -0.3 is 9.13 Å². The number of ketones is 4. The summed E-state index contributed by atoms with van der Waals surface area (Å²) in [5.41, 5.74) is 3.25. The molecule has 0 amide bonds. The van der Waals surface area contributed by atoms with Crippen molar-refractivity contribution in [2.24, 2.45) is 0 Å². The second kappa shape index (κ2) is 7.63. The number of hydrogen-bond acceptors (Lipinski definition) is 4. The van der Waals surface area contributed by atoms with E-state index >= 15 is 0 Å². The molecule has 4 aromatic rings. The predicted molar refractivity (Wildman–Crippen MR) is 128 cm³/mol. The molecule has 2 aromatic carbocycles. The standard InChI is InChI=1S/C28H22N2O4/c1-15-21(17(3)31)23-25(29(15)19-11-7-5-8-12-19)28(34)24-22(18(4)32)16(2)30(26(24)27(23)33)20-13-9-6-10-14-20/h5-14H,1-4H3. The fourth-order valence-corrected chi connectivity index (χ4v) is 5.15. The number of Topliss-reactive ketones (excluding diaryl/α,β-unsaturated/α-hetero) is 2. The van der Waals surface area contributed by atoms with Gasteiger partial charge in [0.25, 0.3) is 0 Å². The van der Waals surface area contributed by atoms with E-state index in [0.29, 0.717) is 22.8 Å². The van der Waals surface area contributed by atoms with Gasteiger partial charge in [-0.3, -0.25) is 19.2 Å². The molecule has 0 fully saturated rings. The van der Waals surface area contributed by atoms with E-state index in [1.807, 2.05) is 60.7 Å². The average molecular weight is 450 g/mol. The Hall–Kier alpha value is -4.32. The van der Waals surface area contributed by atoms with Gasteiger partial charge in [-0.25, -0.2) is 0 Å². The molecule has 2 aromatic heterocycles. The zero-order chi connectivity index (χ0) is 24.3. The average Bonchev–Trinajstić information content (AvgIpc) is 3.31. The first kappa shape index (κ1) is 21.5. The molecule has 0 atom stereocenters. The molecule has 34 heavy (non-hydrogen) atoms. The fraction of sp³-hybridized carbons (Fsp3) is 0.143. The number of rotatable bonds is 4. The van der Waals surface area contributed by atoms with Crippen LogP contribution in [0.3, 0.4) is 0 Å². The summed E-state index contributed by atoms with van der Waals surface area (Å²) in [6, 6.07) is 18.3. The number of aromatic nitrogens is 2. The van der Waals surface area contributed by atoms with Crippen LogP contribution in [0, 0.1) is 13.8 Å². The van der Waals surface area contributed by atoms with E-state index in [1.54, 1.807) is 23.0 Å². The topological polar surface area (TPSA) is 78.1 Å². The number of para-hydroxylation sites is 2. The van der Waals surface area contributed by atoms with Crippen molar-refractivity contribution in [1.82, 2.24) is 9.13 Å². The van der Waals surface area contributed by atoms with Crippen molar-refractivity contribution >= 4 is 23.1 Å². The van der Waals surface area contributed by atoms with Gasteiger partial charge in [-0.2, -0.15) is 0 Å². The van der Waals surface area contributed by atoms with Crippen LogP contribution in [0.5, 0.6) is 0 Å². The molecule has 0 N–H and O–H groups in total. The third-order valence-electron chi connectivity index (χ3n) is 6.43. The van der Waals surface area contributed by atoms with Gasteiger partial charge in [-0.15, -0.1) is 0 Å². The first-order chi connectivity index (χ1) is 16.3. The normalized spacial score (nSPS) is 12.5. The summed E-state index contributed by atoms with van der Waals surface area (Å²) >= 11 is 0. The highest BCUT2D eigenvalue weighted by Gasteiger charge is 2.44. The van der Waals surface area contributed by atoms with Crippen LogP contribution < -0.4 is 0 Å². The Morgan fingerprint density at radius 3 is 1.21 bits per heavy atom. The molecule has 6 heteroatoms. The van der Waals surface area contributed by atoms with Gasteiger partial charge in [0, 0.05) is 22.8 Å². The van der Waals surface area contributed by atoms with E-state index in [1.165, 1.54) is 13.8 Å². The van der Waals surface area contributed by atoms with Gasteiger partial charge >= 0.3 is 0 Å². The highest BCUT2D eigenvalue weighted by molar-refractivity contribution is 6.33. The Balaban J connectivity index is 1.93. The van der Waals surface area contributed by atoms with Crippen LogP contribution >= 0.6 is 0 Å². The lowest BCUT2D eigenvalue weighted by atomic mass is 9.87. The lowest BCUT2D eigenvalue weighted by molar-refractivity contribution is 0.0956. The Kier molecular flexibility index (Phi) is 4.83. The third kappa shape index (κ3) is 2.81. The van der Waals surface area contributed by atoms with Crippen molar-refractivity contribution in [2.75, 3.05) is 0 Å². The third-order valence-corrected chi connectivity index (χ3v) is 6.43. The number of benzene rings is 2. The molecule has 1 aliphatic carbocycles. The first-order valence-electron chi connectivity index (χ1n) is 11.0. The molecular formula is C28H22N2O4. The maximum atomic E-state index is 14.1. The van der Waals surface area contributed by atoms with Crippen LogP contribution in [0.4, 0.5) is 0 Å². The molecule has 0 spiro atoms. The zero-order valence-corrected chi connectivity index (χ0v) is 19.3. The van der Waals surface area contributed by atoms with Crippen LogP contribution in [-0.2, 0) is 0 Å². The minimum absolute atomic E-state index is 0.0936. The van der Waals surface area contributed by atoms with E-state index in [4.69, 9.17) is 0 Å². The second-order valence-electron chi connectivity index (χ2n) is 8.48. The van der Waals surface area contributed by atoms with Gasteiger partial charge in [0.15, 0.2) is 11.6 Å². The summed E-state index contributed by atoms with van der Waals surface area (Å²) in [6.07, 6.45) is 0. The number of fused-ring (bicyclic) bond motifs is 2. The number of nitrogens with zero attached hydrogens (tertiary/aromatic N) is 2. The van der Waals surface area contributed by atoms with E-state index in [-0.39, 0.29) is 45.2 Å². The largest absolute Gasteiger partial charge is 0.310 e. The van der Waals surface area contributed by atoms with E-state index in [2.05, 4.69) is 0 Å². The highest BCUT2D eigenvalue weighted by Crippen LogP contribution is 2.40. The Labute approximate surface area is 196 Å². The van der Waals surface area contributed by atoms with Crippen molar-refractivity contribution in [1.29, 1.82) is 0 Å². The number of carbonyl (C=O) groups excluding carboxylic acids is 4. The monoisotopic (exact) mass is 450 g/mol. The summed E-state index contributed by atoms with van der Waals surface area (Å²) < 4.78 is 3.32. The summed E-state index contributed by atoms with van der Waals surface area (Å²) in [5, 5.41) is 0. The van der Waals surface area contributed by atoms with Crippen molar-refractivity contribution in [3.8, 4) is 11.4 Å². The molecule has 0 aliphatic heterocycles. The second-order valence-corrected chi connectivity index (χ2v) is 8.48. The maximum absolute atomic E-state index is 14.1. The van der Waals surface area contributed by atoms with Gasteiger partial charge in [-0.1, -0.05) is 36.4 Å². The Morgan fingerprint density at radius 2 is 0.912 bits per heavy atom. The van der Waals surface area contributed by atoms with Gasteiger partial charge in [0.2, 0.25) is 11.6 Å². The molecule has 0 bridgehead atoms. The van der Waals surface area contributed by atoms with Crippen molar-refractivity contribution in [3.63, 3.8) is 0 Å². The van der Waals surface area contributed by atoms with Crippen LogP contribution in [0.2, 0.25) is 0 Å². The lowest BCUT2D eigenvalue weighted by Crippen LogP contribution is -2.25. The van der Waals surface area contributed by atoms with Crippen molar-refractivity contribution < 1.29 is 19.2 Å². The Morgan fingerprint density at radius 1 is 0.588 bits per heavy atom. The van der Waals surface area contributed by atoms with Gasteiger partial charge in [0.1, 0.15) is 11.4 Å². The smallest absolute Gasteiger partial charge is 0.213 e. The van der Waals surface area contributed by atoms with E-state index in [0.717, 1.165) is 0 Å². The molecule has 6 nitrogen and oxygen atoms in total. The lowest BCUT2D eigenvalue weighted by Gasteiger charge is -2.18. The quantitative estimate of drug-likeness (QED) is 0.358. The summed E-state index contributed by atoms with van der Waals surface area (Å²) in [5.74, 6) is -1.47. The number of carbonyl (C=O) groups is 4. The molecule has 5 rings (SSSR count). The number of hydrogen-bond donors (Lipinski definition) is 0. The van der Waals surface area contributed by atoms with E-state index < -0.39 is 11.6 Å². The molecule has 0 saturated carbocycles. The minimum Gasteiger partial charge on any atom is -0.310 e. The van der Waals surface area contributed by atoms with Gasteiger partial charge in [-0.05, 0) is 52.0 Å². The summed E-state index contributed by atoms with van der Waals surface area (Å²) in [4.78, 5) is 53.7. The molecule has 2 heterocycles. The first-order valence-corrected chi connectivity index (χ1v) is 11.0. The zero-order valence-electron chi connectivity index (χ0n) is 19.3. The van der Waals surface area contributed by atoms with Crippen LogP contribution in [0.1, 0.15) is 78.1 Å². The molecule has 0 radical (unpaired) electrons. The molecule has 1 aliphatic rings. The molecule has 0 saturated heterocycles. The van der Waals surface area contributed by atoms with Crippen molar-refractivity contribution in [2.45, 2.75) is 27.7 Å². The van der Waals surface area contributed by atoms with Crippen LogP contribution in [-0.4, -0.2) is 32.3 Å². The SMILES string of the molecule is CC(=O)c1c2c(n(-c3ccccc3)c1C)C(=O)c1c(C(C)=O)c(C)n(-c3ccccc3)c1C2=O. The highest BCUT2D eigenvalue weighted by atomic mass is 16.1. The molecular weight excluding hydrogens is 428 g/mol. The van der Waals surface area contributed by atoms with Gasteiger partial charge in [0.05, 0.1) is 22.3 Å². The van der Waals surface area contributed by atoms with Crippen LogP contribution in [0.15, 0.2) is 60.7 Å². The summed E-state index contributed by atoms with van der Waals surface area (Å²) in [7, 11) is 0. The molecule has 0 unspecified atom stereocenters. The molecule has 168 valence electrons. The van der Waals surface area contributed by atoms with Crippen LogP contribution in [0.25, 0.3) is 11.4 Å². The summed E-state index contributed by atoms with van der Waals surface area (Å²) in [6.45, 7) is 6.26. The maximum Gasteiger partial charge on any atom is 0.213 e. The van der Waals surface area contributed by atoms with E-state index in [9.17, 15) is 19.2 Å². The minimum atomic E-state index is -0.438. The Bertz CT molecular complexity index is 1420. The van der Waals surface area contributed by atoms with Crippen molar-refractivity contribution in [3.05, 3.63) is 106 Å². The predicted octanol–water partition coefficient (Wildman–Crippen LogP) is 5.07. The fourth-order valence-electron chi connectivity index (χ4n) is 5.15.